The highest BCUT2D eigenvalue weighted by Gasteiger charge is 2.28. The topological polar surface area (TPSA) is 58.2 Å². The number of amides is 2. The van der Waals surface area contributed by atoms with Crippen molar-refractivity contribution in [1.29, 1.82) is 0 Å². The van der Waals surface area contributed by atoms with E-state index in [0.717, 1.165) is 17.7 Å². The van der Waals surface area contributed by atoms with Crippen LogP contribution in [0, 0.1) is 11.6 Å². The van der Waals surface area contributed by atoms with E-state index in [0.29, 0.717) is 12.0 Å². The van der Waals surface area contributed by atoms with Gasteiger partial charge in [0.1, 0.15) is 6.04 Å². The van der Waals surface area contributed by atoms with Gasteiger partial charge in [-0.05, 0) is 23.8 Å². The van der Waals surface area contributed by atoms with E-state index in [1.54, 1.807) is 24.3 Å². The average molecular weight is 302 g/mol. The zero-order valence-electron chi connectivity index (χ0n) is 11.4. The van der Waals surface area contributed by atoms with Crippen LogP contribution in [-0.2, 0) is 11.2 Å². The van der Waals surface area contributed by atoms with Gasteiger partial charge in [-0.3, -0.25) is 9.59 Å². The predicted octanol–water partition coefficient (Wildman–Crippen LogP) is 2.26. The Bertz CT molecular complexity index is 762. The van der Waals surface area contributed by atoms with Crippen molar-refractivity contribution in [3.05, 3.63) is 65.2 Å². The van der Waals surface area contributed by atoms with Gasteiger partial charge >= 0.3 is 0 Å². The number of fused-ring (bicyclic) bond motifs is 1. The first-order valence-corrected chi connectivity index (χ1v) is 6.69. The summed E-state index contributed by atoms with van der Waals surface area (Å²) < 4.78 is 26.0. The van der Waals surface area contributed by atoms with Gasteiger partial charge in [0.2, 0.25) is 5.91 Å². The molecule has 4 nitrogen and oxygen atoms in total. The number of nitrogens with one attached hydrogen (secondary N) is 2. The summed E-state index contributed by atoms with van der Waals surface area (Å²) in [6.45, 7) is 0. The Morgan fingerprint density at radius 1 is 1.14 bits per heavy atom. The summed E-state index contributed by atoms with van der Waals surface area (Å²) in [5.74, 6) is -2.84. The Labute approximate surface area is 125 Å². The first-order valence-electron chi connectivity index (χ1n) is 6.69. The zero-order chi connectivity index (χ0) is 15.7. The minimum atomic E-state index is -1.05. The number of carbonyl (C=O) groups excluding carboxylic acids is 2. The lowest BCUT2D eigenvalue weighted by atomic mass is 9.95. The highest BCUT2D eigenvalue weighted by atomic mass is 19.2. The van der Waals surface area contributed by atoms with Crippen LogP contribution in [0.1, 0.15) is 15.9 Å². The second kappa shape index (κ2) is 5.55. The Kier molecular flexibility index (Phi) is 3.58. The van der Waals surface area contributed by atoms with Crippen molar-refractivity contribution < 1.29 is 18.4 Å². The molecule has 3 rings (SSSR count). The molecule has 6 heteroatoms. The van der Waals surface area contributed by atoms with Crippen LogP contribution in [-0.4, -0.2) is 17.9 Å². The summed E-state index contributed by atoms with van der Waals surface area (Å²) >= 11 is 0. The van der Waals surface area contributed by atoms with Crippen LogP contribution in [0.3, 0.4) is 0 Å². The molecule has 2 aromatic carbocycles. The van der Waals surface area contributed by atoms with Gasteiger partial charge in [-0.2, -0.15) is 0 Å². The number of carbonyl (C=O) groups is 2. The monoisotopic (exact) mass is 302 g/mol. The molecule has 0 fully saturated rings. The van der Waals surface area contributed by atoms with Crippen molar-refractivity contribution in [2.75, 3.05) is 5.32 Å². The minimum Gasteiger partial charge on any atom is -0.340 e. The van der Waals surface area contributed by atoms with E-state index in [9.17, 15) is 18.4 Å². The van der Waals surface area contributed by atoms with E-state index in [1.807, 2.05) is 0 Å². The lowest BCUT2D eigenvalue weighted by Crippen LogP contribution is -2.48. The molecule has 112 valence electrons. The van der Waals surface area contributed by atoms with E-state index in [-0.39, 0.29) is 11.6 Å². The maximum atomic E-state index is 13.1. The van der Waals surface area contributed by atoms with Crippen LogP contribution in [0.4, 0.5) is 14.5 Å². The molecule has 0 aromatic heterocycles. The second-order valence-corrected chi connectivity index (χ2v) is 5.01. The molecule has 22 heavy (non-hydrogen) atoms. The smallest absolute Gasteiger partial charge is 0.252 e. The lowest BCUT2D eigenvalue weighted by molar-refractivity contribution is -0.118. The fraction of sp³-hybridized carbons (Fsp3) is 0.125. The van der Waals surface area contributed by atoms with Crippen molar-refractivity contribution in [1.82, 2.24) is 5.32 Å². The van der Waals surface area contributed by atoms with Crippen LogP contribution in [0.15, 0.2) is 42.5 Å². The summed E-state index contributed by atoms with van der Waals surface area (Å²) in [5.41, 5.74) is 1.45. The quantitative estimate of drug-likeness (QED) is 0.894. The molecule has 0 saturated carbocycles. The molecule has 0 radical (unpaired) electrons. The number of benzene rings is 2. The highest BCUT2D eigenvalue weighted by molar-refractivity contribution is 6.03. The molecule has 1 aliphatic rings. The van der Waals surface area contributed by atoms with E-state index in [2.05, 4.69) is 10.6 Å². The van der Waals surface area contributed by atoms with Crippen LogP contribution < -0.4 is 10.6 Å². The van der Waals surface area contributed by atoms with Gasteiger partial charge in [0.15, 0.2) is 11.6 Å². The molecule has 1 heterocycles. The molecule has 0 bridgehead atoms. The third-order valence-corrected chi connectivity index (χ3v) is 3.49. The van der Waals surface area contributed by atoms with Crippen LogP contribution in [0.2, 0.25) is 0 Å². The van der Waals surface area contributed by atoms with E-state index >= 15 is 0 Å². The first kappa shape index (κ1) is 14.2. The van der Waals surface area contributed by atoms with Crippen molar-refractivity contribution in [3.63, 3.8) is 0 Å². The fourth-order valence-corrected chi connectivity index (χ4v) is 2.39. The Morgan fingerprint density at radius 2 is 1.91 bits per heavy atom. The van der Waals surface area contributed by atoms with Gasteiger partial charge in [-0.1, -0.05) is 18.2 Å². The largest absolute Gasteiger partial charge is 0.340 e. The van der Waals surface area contributed by atoms with Crippen molar-refractivity contribution in [2.45, 2.75) is 12.5 Å². The van der Waals surface area contributed by atoms with Crippen molar-refractivity contribution in [2.24, 2.45) is 0 Å². The van der Waals surface area contributed by atoms with E-state index in [1.165, 1.54) is 6.07 Å². The summed E-state index contributed by atoms with van der Waals surface area (Å²) in [7, 11) is 0. The number of halogens is 2. The normalized spacial score (nSPS) is 16.6. The molecule has 1 unspecified atom stereocenters. The highest BCUT2D eigenvalue weighted by Crippen LogP contribution is 2.18. The standard InChI is InChI=1S/C16H12F2N2O2/c17-12-6-5-10(8-13(12)18)19-16(22)14-7-9-3-1-2-4-11(9)15(21)20-14/h1-6,8,14H,7H2,(H,19,22)(H,20,21). The van der Waals surface area contributed by atoms with Gasteiger partial charge in [-0.25, -0.2) is 8.78 Å². The average Bonchev–Trinajstić information content (AvgIpc) is 2.51. The van der Waals surface area contributed by atoms with Crippen LogP contribution in [0.25, 0.3) is 0 Å². The third kappa shape index (κ3) is 2.67. The van der Waals surface area contributed by atoms with Gasteiger partial charge in [-0.15, -0.1) is 0 Å². The Balaban J connectivity index is 1.76. The van der Waals surface area contributed by atoms with Crippen LogP contribution in [0.5, 0.6) is 0 Å². The molecule has 0 spiro atoms. The first-order chi connectivity index (χ1) is 10.5. The van der Waals surface area contributed by atoms with Gasteiger partial charge in [0, 0.05) is 23.7 Å². The summed E-state index contributed by atoms with van der Waals surface area (Å²) in [6.07, 6.45) is 0.345. The molecule has 2 aromatic rings. The summed E-state index contributed by atoms with van der Waals surface area (Å²) in [5, 5.41) is 5.07. The maximum absolute atomic E-state index is 13.1. The fourth-order valence-electron chi connectivity index (χ4n) is 2.39. The summed E-state index contributed by atoms with van der Waals surface area (Å²) in [4.78, 5) is 24.1. The third-order valence-electron chi connectivity index (χ3n) is 3.49. The molecule has 0 saturated heterocycles. The number of anilines is 1. The summed E-state index contributed by atoms with van der Waals surface area (Å²) in [6, 6.07) is 9.35. The minimum absolute atomic E-state index is 0.136. The molecule has 1 atom stereocenters. The SMILES string of the molecule is O=C1NC(C(=O)Nc2ccc(F)c(F)c2)Cc2ccccc21. The van der Waals surface area contributed by atoms with Gasteiger partial charge in [0.25, 0.3) is 5.91 Å². The zero-order valence-corrected chi connectivity index (χ0v) is 11.4. The number of hydrogen-bond acceptors (Lipinski definition) is 2. The van der Waals surface area contributed by atoms with Crippen molar-refractivity contribution >= 4 is 17.5 Å². The van der Waals surface area contributed by atoms with Gasteiger partial charge in [0.05, 0.1) is 0 Å². The number of rotatable bonds is 2. The maximum Gasteiger partial charge on any atom is 0.252 e. The molecule has 2 amide bonds. The predicted molar refractivity (Wildman–Crippen MR) is 76.4 cm³/mol. The van der Waals surface area contributed by atoms with E-state index in [4.69, 9.17) is 0 Å². The Hall–Kier alpha value is -2.76. The van der Waals surface area contributed by atoms with Crippen LogP contribution >= 0.6 is 0 Å². The Morgan fingerprint density at radius 3 is 2.68 bits per heavy atom. The van der Waals surface area contributed by atoms with Gasteiger partial charge < -0.3 is 10.6 Å². The van der Waals surface area contributed by atoms with E-state index < -0.39 is 23.6 Å². The molecular weight excluding hydrogens is 290 g/mol. The molecule has 2 N–H and O–H groups in total. The second-order valence-electron chi connectivity index (χ2n) is 5.01. The number of hydrogen-bond donors (Lipinski definition) is 2. The molecule has 0 aliphatic carbocycles. The van der Waals surface area contributed by atoms with Crippen molar-refractivity contribution in [3.8, 4) is 0 Å². The molecule has 1 aliphatic heterocycles. The molecular formula is C16H12F2N2O2. The lowest BCUT2D eigenvalue weighted by Gasteiger charge is -2.24.